The third-order valence-corrected chi connectivity index (χ3v) is 9.36. The number of hydrazine groups is 1. The van der Waals surface area contributed by atoms with Gasteiger partial charge in [-0.3, -0.25) is 20.4 Å². The largest absolute Gasteiger partial charge is 0.272 e. The van der Waals surface area contributed by atoms with E-state index < -0.39 is 10.8 Å². The number of rotatable bonds is 2. The first-order chi connectivity index (χ1) is 17.1. The maximum atomic E-state index is 14.0. The van der Waals surface area contributed by atoms with E-state index in [1.165, 1.54) is 5.56 Å². The summed E-state index contributed by atoms with van der Waals surface area (Å²) in [5, 5.41) is 1.81. The smallest absolute Gasteiger partial charge is 0.270 e. The van der Waals surface area contributed by atoms with Crippen LogP contribution in [0.5, 0.6) is 0 Å². The lowest BCUT2D eigenvalue weighted by Gasteiger charge is -2.39. The summed E-state index contributed by atoms with van der Waals surface area (Å²) in [7, 11) is 0. The minimum atomic E-state index is -0.886. The van der Waals surface area contributed by atoms with Crippen molar-refractivity contribution >= 4 is 33.6 Å². The number of nitrogens with one attached hydrogen (secondary N) is 2. The average molecular weight is 479 g/mol. The Bertz CT molecular complexity index is 1600. The van der Waals surface area contributed by atoms with Gasteiger partial charge < -0.3 is 0 Å². The number of nitrogens with zero attached hydrogens (tertiary/aromatic N) is 2. The highest BCUT2D eigenvalue weighted by atomic mass is 16.2. The summed E-state index contributed by atoms with van der Waals surface area (Å²) < 4.78 is 0. The van der Waals surface area contributed by atoms with Crippen molar-refractivity contribution in [2.24, 2.45) is 5.41 Å². The van der Waals surface area contributed by atoms with Crippen molar-refractivity contribution in [1.82, 2.24) is 20.8 Å². The topological polar surface area (TPSA) is 84.0 Å². The molecule has 2 bridgehead atoms. The average Bonchev–Trinajstić information content (AvgIpc) is 3.16. The molecule has 36 heavy (non-hydrogen) atoms. The van der Waals surface area contributed by atoms with Crippen molar-refractivity contribution in [2.75, 3.05) is 0 Å². The van der Waals surface area contributed by atoms with Crippen molar-refractivity contribution in [1.29, 1.82) is 0 Å². The minimum absolute atomic E-state index is 0.235. The van der Waals surface area contributed by atoms with E-state index in [0.717, 1.165) is 45.2 Å². The maximum absolute atomic E-state index is 14.0. The lowest BCUT2D eigenvalue weighted by atomic mass is 9.63. The third kappa shape index (κ3) is 2.73. The van der Waals surface area contributed by atoms with Gasteiger partial charge in [0.2, 0.25) is 0 Å². The molecule has 0 radical (unpaired) electrons. The Morgan fingerprint density at radius 3 is 2.17 bits per heavy atom. The molecule has 0 spiro atoms. The second-order valence-electron chi connectivity index (χ2n) is 11.1. The van der Waals surface area contributed by atoms with Gasteiger partial charge in [0.15, 0.2) is 0 Å². The molecule has 1 fully saturated rings. The molecule has 4 aromatic rings. The molecular formula is C30H30N4O2. The SMILES string of the molecule is Cc1cc2nc3c(nc2cc1C)C1(C(=O)NNC(=O)c2cccc4ccccc24)CCC3(C)C1(C)C. The van der Waals surface area contributed by atoms with Crippen LogP contribution in [0.15, 0.2) is 54.6 Å². The van der Waals surface area contributed by atoms with Gasteiger partial charge in [0.05, 0.1) is 22.4 Å². The minimum Gasteiger partial charge on any atom is -0.272 e. The van der Waals surface area contributed by atoms with Crippen LogP contribution in [0.25, 0.3) is 21.8 Å². The number of carbonyl (C=O) groups excluding carboxylic acids is 2. The Balaban J connectivity index is 1.39. The summed E-state index contributed by atoms with van der Waals surface area (Å²) in [5.41, 5.74) is 10.0. The summed E-state index contributed by atoms with van der Waals surface area (Å²) in [4.78, 5) is 37.3. The standard InChI is InChI=1S/C30H30N4O2/c1-17-15-22-23(16-18(17)2)32-25-24(31-22)29(5)13-14-30(25,28(29,3)4)27(36)34-33-26(35)21-12-8-10-19-9-6-7-11-20(19)21/h6-12,15-16H,13-14H2,1-5H3,(H,33,35)(H,34,36). The van der Waals surface area contributed by atoms with Gasteiger partial charge in [-0.1, -0.05) is 57.2 Å². The number of amides is 2. The van der Waals surface area contributed by atoms with Crippen LogP contribution in [0.2, 0.25) is 0 Å². The van der Waals surface area contributed by atoms with Crippen molar-refractivity contribution < 1.29 is 9.59 Å². The number of fused-ring (bicyclic) bond motifs is 7. The van der Waals surface area contributed by atoms with E-state index in [1.54, 1.807) is 6.07 Å². The van der Waals surface area contributed by atoms with Crippen molar-refractivity contribution in [3.63, 3.8) is 0 Å². The first kappa shape index (κ1) is 22.7. The zero-order valence-electron chi connectivity index (χ0n) is 21.3. The molecule has 6 rings (SSSR count). The van der Waals surface area contributed by atoms with Crippen LogP contribution in [0.3, 0.4) is 0 Å². The quantitative estimate of drug-likeness (QED) is 0.388. The summed E-state index contributed by atoms with van der Waals surface area (Å²) in [6.45, 7) is 10.6. The van der Waals surface area contributed by atoms with Gasteiger partial charge in [-0.05, 0) is 72.2 Å². The molecular weight excluding hydrogens is 448 g/mol. The van der Waals surface area contributed by atoms with Crippen LogP contribution >= 0.6 is 0 Å². The summed E-state index contributed by atoms with van der Waals surface area (Å²) in [6.07, 6.45) is 1.49. The molecule has 2 amide bonds. The fourth-order valence-corrected chi connectivity index (χ4v) is 6.57. The second-order valence-corrected chi connectivity index (χ2v) is 11.1. The molecule has 2 aliphatic rings. The number of benzene rings is 3. The number of hydrogen-bond acceptors (Lipinski definition) is 4. The van der Waals surface area contributed by atoms with E-state index in [-0.39, 0.29) is 17.2 Å². The van der Waals surface area contributed by atoms with Crippen LogP contribution in [0.1, 0.15) is 66.5 Å². The van der Waals surface area contributed by atoms with Crippen molar-refractivity contribution in [3.8, 4) is 0 Å². The van der Waals surface area contributed by atoms with Gasteiger partial charge in [-0.15, -0.1) is 0 Å². The Morgan fingerprint density at radius 1 is 0.806 bits per heavy atom. The van der Waals surface area contributed by atoms with E-state index in [4.69, 9.17) is 9.97 Å². The molecule has 1 saturated carbocycles. The van der Waals surface area contributed by atoms with Gasteiger partial charge >= 0.3 is 0 Å². The van der Waals surface area contributed by atoms with E-state index in [0.29, 0.717) is 12.0 Å². The van der Waals surface area contributed by atoms with Crippen LogP contribution in [-0.4, -0.2) is 21.8 Å². The monoisotopic (exact) mass is 478 g/mol. The molecule has 0 saturated heterocycles. The Morgan fingerprint density at radius 2 is 1.44 bits per heavy atom. The zero-order chi connectivity index (χ0) is 25.5. The third-order valence-electron chi connectivity index (χ3n) is 9.36. The zero-order valence-corrected chi connectivity index (χ0v) is 21.3. The molecule has 2 N–H and O–H groups in total. The molecule has 6 nitrogen and oxygen atoms in total. The van der Waals surface area contributed by atoms with Gasteiger partial charge in [-0.25, -0.2) is 9.97 Å². The summed E-state index contributed by atoms with van der Waals surface area (Å²) in [6, 6.07) is 17.4. The van der Waals surface area contributed by atoms with E-state index in [1.807, 2.05) is 42.5 Å². The molecule has 1 heterocycles. The Hall–Kier alpha value is -3.80. The van der Waals surface area contributed by atoms with E-state index in [9.17, 15) is 9.59 Å². The highest BCUT2D eigenvalue weighted by molar-refractivity contribution is 6.07. The normalized spacial score (nSPS) is 23.6. The Kier molecular flexibility index (Phi) is 4.63. The van der Waals surface area contributed by atoms with Crippen LogP contribution < -0.4 is 10.9 Å². The van der Waals surface area contributed by atoms with E-state index >= 15 is 0 Å². The maximum Gasteiger partial charge on any atom is 0.270 e. The molecule has 2 aliphatic carbocycles. The molecule has 1 aromatic heterocycles. The van der Waals surface area contributed by atoms with Crippen molar-refractivity contribution in [3.05, 3.63) is 82.7 Å². The highest BCUT2D eigenvalue weighted by Gasteiger charge is 2.73. The van der Waals surface area contributed by atoms with Crippen LogP contribution in [0.4, 0.5) is 0 Å². The molecule has 2 atom stereocenters. The lowest BCUT2D eigenvalue weighted by molar-refractivity contribution is -0.131. The van der Waals surface area contributed by atoms with Crippen LogP contribution in [0, 0.1) is 19.3 Å². The van der Waals surface area contributed by atoms with Gasteiger partial charge in [0.25, 0.3) is 11.8 Å². The highest BCUT2D eigenvalue weighted by Crippen LogP contribution is 2.70. The second kappa shape index (κ2) is 7.36. The molecule has 0 aliphatic heterocycles. The molecule has 2 unspecified atom stereocenters. The molecule has 3 aromatic carbocycles. The fraction of sp³-hybridized carbons (Fsp3) is 0.333. The predicted octanol–water partition coefficient (Wildman–Crippen LogP) is 5.19. The van der Waals surface area contributed by atoms with Gasteiger partial charge in [0, 0.05) is 11.0 Å². The van der Waals surface area contributed by atoms with Gasteiger partial charge in [0.1, 0.15) is 5.41 Å². The summed E-state index contributed by atoms with van der Waals surface area (Å²) >= 11 is 0. The van der Waals surface area contributed by atoms with Crippen molar-refractivity contribution in [2.45, 2.75) is 58.3 Å². The van der Waals surface area contributed by atoms with E-state index in [2.05, 4.69) is 51.5 Å². The number of carbonyl (C=O) groups is 2. The van der Waals surface area contributed by atoms with Gasteiger partial charge in [-0.2, -0.15) is 0 Å². The first-order valence-corrected chi connectivity index (χ1v) is 12.5. The predicted molar refractivity (Wildman–Crippen MR) is 141 cm³/mol. The molecule has 182 valence electrons. The molecule has 6 heteroatoms. The van der Waals surface area contributed by atoms with Crippen LogP contribution in [-0.2, 0) is 15.6 Å². The lowest BCUT2D eigenvalue weighted by Crippen LogP contribution is -2.55. The fourth-order valence-electron chi connectivity index (χ4n) is 6.57. The Labute approximate surface area is 210 Å². The number of aromatic nitrogens is 2. The number of aryl methyl sites for hydroxylation is 2. The number of hydrogen-bond donors (Lipinski definition) is 2. The summed E-state index contributed by atoms with van der Waals surface area (Å²) in [5.74, 6) is -0.579. The first-order valence-electron chi connectivity index (χ1n) is 12.5.